The summed E-state index contributed by atoms with van der Waals surface area (Å²) in [5.41, 5.74) is 1.46. The van der Waals surface area contributed by atoms with Crippen LogP contribution in [0.15, 0.2) is 24.3 Å². The third kappa shape index (κ3) is 3.40. The van der Waals surface area contributed by atoms with Gasteiger partial charge in [0.25, 0.3) is 5.91 Å². The molecule has 0 radical (unpaired) electrons. The van der Waals surface area contributed by atoms with Crippen molar-refractivity contribution in [2.75, 3.05) is 13.1 Å². The Bertz CT molecular complexity index is 804. The lowest BCUT2D eigenvalue weighted by Gasteiger charge is -2.32. The summed E-state index contributed by atoms with van der Waals surface area (Å²) >= 11 is 0. The molecule has 0 unspecified atom stereocenters. The molecule has 3 aliphatic rings. The maximum absolute atomic E-state index is 13.2. The zero-order valence-corrected chi connectivity index (χ0v) is 16.7. The van der Waals surface area contributed by atoms with Crippen molar-refractivity contribution in [3.8, 4) is 0 Å². The summed E-state index contributed by atoms with van der Waals surface area (Å²) in [7, 11) is 0. The SMILES string of the molecule is Cc1cccc([C@@H]2CCCCCN2C(=O)CN2C(=O)N[C@](C)(C3CC3)C2=O)c1. The zero-order valence-electron chi connectivity index (χ0n) is 16.7. The van der Waals surface area contributed by atoms with Crippen molar-refractivity contribution in [1.29, 1.82) is 0 Å². The Morgan fingerprint density at radius 1 is 1.18 bits per heavy atom. The second kappa shape index (κ2) is 7.22. The molecule has 3 fully saturated rings. The topological polar surface area (TPSA) is 69.7 Å². The summed E-state index contributed by atoms with van der Waals surface area (Å²) in [4.78, 5) is 41.5. The first kappa shape index (κ1) is 19.0. The van der Waals surface area contributed by atoms with E-state index in [9.17, 15) is 14.4 Å². The van der Waals surface area contributed by atoms with E-state index in [2.05, 4.69) is 30.4 Å². The predicted octanol–water partition coefficient (Wildman–Crippen LogP) is 3.16. The van der Waals surface area contributed by atoms with Gasteiger partial charge in [0.05, 0.1) is 6.04 Å². The van der Waals surface area contributed by atoms with Crippen molar-refractivity contribution in [3.63, 3.8) is 0 Å². The monoisotopic (exact) mass is 383 g/mol. The van der Waals surface area contributed by atoms with Gasteiger partial charge in [0.2, 0.25) is 5.91 Å². The second-order valence-corrected chi connectivity index (χ2v) is 8.66. The Balaban J connectivity index is 1.53. The van der Waals surface area contributed by atoms with Crippen LogP contribution in [0.3, 0.4) is 0 Å². The van der Waals surface area contributed by atoms with Gasteiger partial charge in [0, 0.05) is 6.54 Å². The Labute approximate surface area is 166 Å². The van der Waals surface area contributed by atoms with Crippen LogP contribution in [0.5, 0.6) is 0 Å². The number of amides is 4. The number of hydrogen-bond donors (Lipinski definition) is 1. The van der Waals surface area contributed by atoms with Crippen LogP contribution in [0.4, 0.5) is 4.79 Å². The number of rotatable bonds is 4. The summed E-state index contributed by atoms with van der Waals surface area (Å²) < 4.78 is 0. The van der Waals surface area contributed by atoms with Crippen LogP contribution >= 0.6 is 0 Å². The van der Waals surface area contributed by atoms with E-state index in [1.54, 1.807) is 6.92 Å². The molecule has 150 valence electrons. The van der Waals surface area contributed by atoms with E-state index in [1.165, 1.54) is 5.56 Å². The molecule has 1 aromatic carbocycles. The highest BCUT2D eigenvalue weighted by atomic mass is 16.2. The van der Waals surface area contributed by atoms with E-state index in [4.69, 9.17) is 0 Å². The number of carbonyl (C=O) groups is 3. The lowest BCUT2D eigenvalue weighted by atomic mass is 9.96. The largest absolute Gasteiger partial charge is 0.334 e. The molecular formula is C22H29N3O3. The first-order valence-electron chi connectivity index (χ1n) is 10.4. The predicted molar refractivity (Wildman–Crippen MR) is 105 cm³/mol. The molecule has 6 heteroatoms. The zero-order chi connectivity index (χ0) is 19.9. The van der Waals surface area contributed by atoms with Crippen LogP contribution in [0.2, 0.25) is 0 Å². The fourth-order valence-electron chi connectivity index (χ4n) is 4.65. The molecule has 1 N–H and O–H groups in total. The van der Waals surface area contributed by atoms with Crippen LogP contribution < -0.4 is 5.32 Å². The third-order valence-corrected chi connectivity index (χ3v) is 6.49. The van der Waals surface area contributed by atoms with E-state index in [1.807, 2.05) is 11.0 Å². The number of carbonyl (C=O) groups excluding carboxylic acids is 3. The van der Waals surface area contributed by atoms with Gasteiger partial charge in [0.15, 0.2) is 0 Å². The molecule has 2 aliphatic heterocycles. The second-order valence-electron chi connectivity index (χ2n) is 8.66. The van der Waals surface area contributed by atoms with Crippen LogP contribution in [-0.4, -0.2) is 46.3 Å². The number of urea groups is 1. The molecule has 1 aliphatic carbocycles. The van der Waals surface area contributed by atoms with E-state index in [-0.39, 0.29) is 30.3 Å². The van der Waals surface area contributed by atoms with Crippen LogP contribution in [0.1, 0.15) is 62.6 Å². The van der Waals surface area contributed by atoms with Gasteiger partial charge in [-0.2, -0.15) is 0 Å². The molecule has 2 heterocycles. The van der Waals surface area contributed by atoms with Crippen molar-refractivity contribution in [2.24, 2.45) is 5.92 Å². The molecule has 1 aromatic rings. The molecule has 2 atom stereocenters. The molecule has 4 rings (SSSR count). The van der Waals surface area contributed by atoms with Crippen molar-refractivity contribution < 1.29 is 14.4 Å². The quantitative estimate of drug-likeness (QED) is 0.812. The van der Waals surface area contributed by atoms with E-state index < -0.39 is 11.6 Å². The summed E-state index contributed by atoms with van der Waals surface area (Å²) in [5, 5.41) is 2.83. The normalized spacial score (nSPS) is 28.3. The highest BCUT2D eigenvalue weighted by Gasteiger charge is 2.56. The van der Waals surface area contributed by atoms with Crippen molar-refractivity contribution in [2.45, 2.75) is 64.0 Å². The number of imide groups is 1. The van der Waals surface area contributed by atoms with Gasteiger partial charge >= 0.3 is 6.03 Å². The van der Waals surface area contributed by atoms with Gasteiger partial charge < -0.3 is 10.2 Å². The van der Waals surface area contributed by atoms with E-state index >= 15 is 0 Å². The van der Waals surface area contributed by atoms with E-state index in [0.717, 1.165) is 49.0 Å². The lowest BCUT2D eigenvalue weighted by Crippen LogP contribution is -2.47. The Morgan fingerprint density at radius 3 is 2.68 bits per heavy atom. The maximum atomic E-state index is 13.2. The number of aryl methyl sites for hydroxylation is 1. The fourth-order valence-corrected chi connectivity index (χ4v) is 4.65. The van der Waals surface area contributed by atoms with Crippen molar-refractivity contribution in [1.82, 2.24) is 15.1 Å². The van der Waals surface area contributed by atoms with Crippen LogP contribution in [0.25, 0.3) is 0 Å². The average molecular weight is 383 g/mol. The van der Waals surface area contributed by atoms with Gasteiger partial charge in [-0.1, -0.05) is 42.7 Å². The summed E-state index contributed by atoms with van der Waals surface area (Å²) in [6.07, 6.45) is 5.93. The number of nitrogens with zero attached hydrogens (tertiary/aromatic N) is 2. The van der Waals surface area contributed by atoms with Crippen LogP contribution in [-0.2, 0) is 9.59 Å². The fraction of sp³-hybridized carbons (Fsp3) is 0.591. The molecular weight excluding hydrogens is 354 g/mol. The minimum absolute atomic E-state index is 0.00508. The minimum Gasteiger partial charge on any atom is -0.334 e. The van der Waals surface area contributed by atoms with Crippen molar-refractivity contribution in [3.05, 3.63) is 35.4 Å². The molecule has 0 bridgehead atoms. The molecule has 1 saturated carbocycles. The molecule has 6 nitrogen and oxygen atoms in total. The maximum Gasteiger partial charge on any atom is 0.325 e. The number of hydrogen-bond acceptors (Lipinski definition) is 3. The Hall–Kier alpha value is -2.37. The smallest absolute Gasteiger partial charge is 0.325 e. The molecule has 0 spiro atoms. The number of likely N-dealkylation sites (tertiary alicyclic amines) is 1. The Morgan fingerprint density at radius 2 is 1.96 bits per heavy atom. The lowest BCUT2D eigenvalue weighted by molar-refractivity contribution is -0.140. The van der Waals surface area contributed by atoms with Gasteiger partial charge in [-0.05, 0) is 51.0 Å². The molecule has 4 amide bonds. The third-order valence-electron chi connectivity index (χ3n) is 6.49. The average Bonchev–Trinajstić information content (AvgIpc) is 3.49. The van der Waals surface area contributed by atoms with Gasteiger partial charge in [-0.25, -0.2) is 4.79 Å². The standard InChI is InChI=1S/C22H29N3O3/c1-15-7-6-8-16(13-15)18-9-4-3-5-12-24(18)19(26)14-25-20(27)22(2,17-10-11-17)23-21(25)28/h6-8,13,17-18H,3-5,9-12,14H2,1-2H3,(H,23,28)/t18-,22+/m0/s1. The summed E-state index contributed by atoms with van der Waals surface area (Å²) in [6, 6.07) is 7.85. The molecule has 2 saturated heterocycles. The van der Waals surface area contributed by atoms with Gasteiger partial charge in [-0.15, -0.1) is 0 Å². The van der Waals surface area contributed by atoms with Crippen molar-refractivity contribution >= 4 is 17.8 Å². The summed E-state index contributed by atoms with van der Waals surface area (Å²) in [6.45, 7) is 4.34. The number of nitrogens with one attached hydrogen (secondary N) is 1. The molecule has 0 aromatic heterocycles. The first-order valence-corrected chi connectivity index (χ1v) is 10.4. The Kier molecular flexibility index (Phi) is 4.89. The highest BCUT2D eigenvalue weighted by molar-refractivity contribution is 6.09. The van der Waals surface area contributed by atoms with E-state index in [0.29, 0.717) is 6.54 Å². The highest BCUT2D eigenvalue weighted by Crippen LogP contribution is 2.42. The number of benzene rings is 1. The first-order chi connectivity index (χ1) is 13.4. The minimum atomic E-state index is -0.841. The van der Waals surface area contributed by atoms with Gasteiger partial charge in [-0.3, -0.25) is 14.5 Å². The molecule has 28 heavy (non-hydrogen) atoms. The van der Waals surface area contributed by atoms with Crippen LogP contribution in [0, 0.1) is 12.8 Å². The summed E-state index contributed by atoms with van der Waals surface area (Å²) in [5.74, 6) is -0.200. The van der Waals surface area contributed by atoms with Gasteiger partial charge in [0.1, 0.15) is 12.1 Å².